The van der Waals surface area contributed by atoms with Crippen molar-refractivity contribution in [1.82, 2.24) is 19.9 Å². The molecule has 2 aromatic rings. The van der Waals surface area contributed by atoms with Crippen LogP contribution in [0.25, 0.3) is 11.2 Å². The van der Waals surface area contributed by atoms with Crippen molar-refractivity contribution in [3.05, 3.63) is 12.7 Å². The van der Waals surface area contributed by atoms with Crippen molar-refractivity contribution in [2.75, 3.05) is 0 Å². The minimum Gasteiger partial charge on any atom is -0.341 e. The van der Waals surface area contributed by atoms with Crippen LogP contribution in [0.1, 0.15) is 32.1 Å². The number of aromatic nitrogens is 4. The molecule has 3 rings (SSSR count). The molecule has 1 atom stereocenters. The number of nitriles is 1. The van der Waals surface area contributed by atoms with Gasteiger partial charge in [-0.1, -0.05) is 31.0 Å². The van der Waals surface area contributed by atoms with E-state index < -0.39 is 0 Å². The first-order valence-corrected chi connectivity index (χ1v) is 7.47. The topological polar surface area (TPSA) is 78.2 Å². The average molecular weight is 273 g/mol. The molecule has 19 heavy (non-hydrogen) atoms. The average Bonchev–Trinajstić information content (AvgIpc) is 2.95. The highest BCUT2D eigenvalue weighted by molar-refractivity contribution is 8.00. The summed E-state index contributed by atoms with van der Waals surface area (Å²) in [7, 11) is 0. The molecule has 0 spiro atoms. The zero-order valence-corrected chi connectivity index (χ0v) is 11.4. The second-order valence-electron chi connectivity index (χ2n) is 4.85. The number of thioether (sulfide) groups is 1. The zero-order chi connectivity index (χ0) is 13.1. The predicted octanol–water partition coefficient (Wildman–Crippen LogP) is 2.92. The molecule has 0 aliphatic heterocycles. The summed E-state index contributed by atoms with van der Waals surface area (Å²) in [5.41, 5.74) is 1.50. The number of aromatic amines is 1. The Morgan fingerprint density at radius 1 is 1.26 bits per heavy atom. The maximum absolute atomic E-state index is 9.42. The van der Waals surface area contributed by atoms with Crippen LogP contribution in [0.3, 0.4) is 0 Å². The molecule has 0 saturated heterocycles. The maximum atomic E-state index is 9.42. The lowest BCUT2D eigenvalue weighted by Crippen LogP contribution is -2.18. The third-order valence-electron chi connectivity index (χ3n) is 3.63. The highest BCUT2D eigenvalue weighted by atomic mass is 32.2. The molecule has 1 saturated carbocycles. The molecule has 0 amide bonds. The molecule has 0 aromatic carbocycles. The molecule has 0 bridgehead atoms. The van der Waals surface area contributed by atoms with Gasteiger partial charge in [0.25, 0.3) is 0 Å². The molecular formula is C13H15N5S. The maximum Gasteiger partial charge on any atom is 0.181 e. The van der Waals surface area contributed by atoms with E-state index in [0.29, 0.717) is 11.6 Å². The Balaban J connectivity index is 1.82. The predicted molar refractivity (Wildman–Crippen MR) is 73.5 cm³/mol. The highest BCUT2D eigenvalue weighted by Crippen LogP contribution is 2.36. The fraction of sp³-hybridized carbons (Fsp3) is 0.538. The molecule has 0 radical (unpaired) electrons. The van der Waals surface area contributed by atoms with Crippen LogP contribution in [-0.4, -0.2) is 25.2 Å². The van der Waals surface area contributed by atoms with E-state index in [1.54, 1.807) is 18.1 Å². The number of H-pyrrole nitrogens is 1. The van der Waals surface area contributed by atoms with Crippen molar-refractivity contribution in [3.8, 4) is 6.07 Å². The van der Waals surface area contributed by atoms with E-state index >= 15 is 0 Å². The van der Waals surface area contributed by atoms with Crippen LogP contribution >= 0.6 is 11.8 Å². The van der Waals surface area contributed by atoms with Gasteiger partial charge in [-0.15, -0.1) is 0 Å². The van der Waals surface area contributed by atoms with E-state index in [-0.39, 0.29) is 5.25 Å². The summed E-state index contributed by atoms with van der Waals surface area (Å²) in [6.07, 6.45) is 9.23. The van der Waals surface area contributed by atoms with Crippen LogP contribution < -0.4 is 0 Å². The summed E-state index contributed by atoms with van der Waals surface area (Å²) in [5, 5.41) is 10.2. The number of imidazole rings is 1. The molecule has 0 unspecified atom stereocenters. The van der Waals surface area contributed by atoms with Crippen molar-refractivity contribution >= 4 is 22.9 Å². The van der Waals surface area contributed by atoms with Gasteiger partial charge in [0, 0.05) is 0 Å². The van der Waals surface area contributed by atoms with Gasteiger partial charge in [-0.05, 0) is 18.8 Å². The fourth-order valence-corrected chi connectivity index (χ4v) is 3.75. The number of hydrogen-bond acceptors (Lipinski definition) is 5. The van der Waals surface area contributed by atoms with Crippen molar-refractivity contribution < 1.29 is 0 Å². The Kier molecular flexibility index (Phi) is 3.65. The molecule has 6 heteroatoms. The zero-order valence-electron chi connectivity index (χ0n) is 10.5. The SMILES string of the molecule is N#C[C@H](Sc1ncnc2nc[nH]c12)C1CCCCC1. The number of rotatable bonds is 3. The van der Waals surface area contributed by atoms with Gasteiger partial charge < -0.3 is 4.98 Å². The van der Waals surface area contributed by atoms with Gasteiger partial charge in [-0.25, -0.2) is 15.0 Å². The number of hydrogen-bond donors (Lipinski definition) is 1. The normalized spacial score (nSPS) is 18.3. The van der Waals surface area contributed by atoms with E-state index in [1.807, 2.05) is 0 Å². The van der Waals surface area contributed by atoms with Gasteiger partial charge in [0.05, 0.1) is 12.4 Å². The van der Waals surface area contributed by atoms with Gasteiger partial charge in [0.2, 0.25) is 0 Å². The molecule has 98 valence electrons. The van der Waals surface area contributed by atoms with Gasteiger partial charge in [0.15, 0.2) is 5.65 Å². The van der Waals surface area contributed by atoms with Crippen molar-refractivity contribution in [1.29, 1.82) is 5.26 Å². The molecule has 1 N–H and O–H groups in total. The molecule has 2 heterocycles. The lowest BCUT2D eigenvalue weighted by Gasteiger charge is -2.24. The number of fused-ring (bicyclic) bond motifs is 1. The first-order chi connectivity index (χ1) is 9.38. The van der Waals surface area contributed by atoms with Crippen LogP contribution in [0.4, 0.5) is 0 Å². The Labute approximate surface area is 115 Å². The first-order valence-electron chi connectivity index (χ1n) is 6.59. The summed E-state index contributed by atoms with van der Waals surface area (Å²) in [4.78, 5) is 15.6. The van der Waals surface area contributed by atoms with Crippen molar-refractivity contribution in [3.63, 3.8) is 0 Å². The Bertz CT molecular complexity index is 596. The molecule has 2 aromatic heterocycles. The van der Waals surface area contributed by atoms with Crippen molar-refractivity contribution in [2.45, 2.75) is 42.4 Å². The van der Waals surface area contributed by atoms with Crippen molar-refractivity contribution in [2.24, 2.45) is 5.92 Å². The molecule has 1 aliphatic rings. The summed E-state index contributed by atoms with van der Waals surface area (Å²) < 4.78 is 0. The van der Waals surface area contributed by atoms with Crippen LogP contribution in [-0.2, 0) is 0 Å². The van der Waals surface area contributed by atoms with E-state index in [2.05, 4.69) is 26.0 Å². The van der Waals surface area contributed by atoms with Gasteiger partial charge in [-0.3, -0.25) is 0 Å². The van der Waals surface area contributed by atoms with Gasteiger partial charge in [-0.2, -0.15) is 5.26 Å². The van der Waals surface area contributed by atoms with Gasteiger partial charge >= 0.3 is 0 Å². The Morgan fingerprint density at radius 3 is 2.89 bits per heavy atom. The fourth-order valence-electron chi connectivity index (χ4n) is 2.62. The molecular weight excluding hydrogens is 258 g/mol. The minimum absolute atomic E-state index is 0.0262. The second-order valence-corrected chi connectivity index (χ2v) is 5.98. The second kappa shape index (κ2) is 5.57. The van der Waals surface area contributed by atoms with Crippen LogP contribution in [0.5, 0.6) is 0 Å². The quantitative estimate of drug-likeness (QED) is 0.687. The Morgan fingerprint density at radius 2 is 2.11 bits per heavy atom. The van der Waals surface area contributed by atoms with Gasteiger partial charge in [0.1, 0.15) is 22.1 Å². The van der Waals surface area contributed by atoms with E-state index in [4.69, 9.17) is 0 Å². The smallest absolute Gasteiger partial charge is 0.181 e. The number of nitrogens with one attached hydrogen (secondary N) is 1. The van der Waals surface area contributed by atoms with Crippen LogP contribution in [0.15, 0.2) is 17.7 Å². The summed E-state index contributed by atoms with van der Waals surface area (Å²) in [6, 6.07) is 2.45. The largest absolute Gasteiger partial charge is 0.341 e. The monoisotopic (exact) mass is 273 g/mol. The summed E-state index contributed by atoms with van der Waals surface area (Å²) >= 11 is 1.55. The third-order valence-corrected chi connectivity index (χ3v) is 4.91. The lowest BCUT2D eigenvalue weighted by atomic mass is 9.87. The Hall–Kier alpha value is -1.61. The molecule has 1 aliphatic carbocycles. The minimum atomic E-state index is -0.0262. The summed E-state index contributed by atoms with van der Waals surface area (Å²) in [6.45, 7) is 0. The molecule has 5 nitrogen and oxygen atoms in total. The van der Waals surface area contributed by atoms with E-state index in [1.165, 1.54) is 25.6 Å². The lowest BCUT2D eigenvalue weighted by molar-refractivity contribution is 0.370. The third kappa shape index (κ3) is 2.56. The molecule has 1 fully saturated rings. The highest BCUT2D eigenvalue weighted by Gasteiger charge is 2.25. The summed E-state index contributed by atoms with van der Waals surface area (Å²) in [5.74, 6) is 0.483. The van der Waals surface area contributed by atoms with Crippen LogP contribution in [0.2, 0.25) is 0 Å². The van der Waals surface area contributed by atoms with E-state index in [0.717, 1.165) is 23.4 Å². The van der Waals surface area contributed by atoms with Crippen LogP contribution in [0, 0.1) is 17.2 Å². The standard InChI is InChI=1S/C13H15N5S/c14-6-10(9-4-2-1-3-5-9)19-13-11-12(16-7-15-11)17-8-18-13/h7-10H,1-5H2,(H,15,16,17,18)/t10-/m0/s1. The first kappa shape index (κ1) is 12.4. The van der Waals surface area contributed by atoms with E-state index in [9.17, 15) is 5.26 Å². The number of nitrogens with zero attached hydrogens (tertiary/aromatic N) is 4.